The second-order valence-corrected chi connectivity index (χ2v) is 5.96. The number of amides is 1. The Balaban J connectivity index is 2.17. The van der Waals surface area contributed by atoms with Crippen LogP contribution in [0.1, 0.15) is 17.1 Å². The lowest BCUT2D eigenvalue weighted by atomic mass is 9.97. The van der Waals surface area contributed by atoms with E-state index in [0.717, 1.165) is 28.1 Å². The van der Waals surface area contributed by atoms with Crippen molar-refractivity contribution in [3.05, 3.63) is 91.5 Å². The minimum absolute atomic E-state index is 0.0809. The molecule has 0 radical (unpaired) electrons. The van der Waals surface area contributed by atoms with Crippen LogP contribution in [0.2, 0.25) is 0 Å². The van der Waals surface area contributed by atoms with E-state index in [1.807, 2.05) is 36.4 Å². The van der Waals surface area contributed by atoms with Gasteiger partial charge in [0.1, 0.15) is 0 Å². The summed E-state index contributed by atoms with van der Waals surface area (Å²) in [5, 5.41) is 0. The molecule has 0 saturated carbocycles. The Morgan fingerprint density at radius 3 is 2.50 bits per heavy atom. The molecule has 1 amide bonds. The number of aromatic nitrogens is 2. The zero-order valence-electron chi connectivity index (χ0n) is 14.7. The number of hydrogen-bond acceptors (Lipinski definition) is 3. The molecule has 1 aliphatic rings. The summed E-state index contributed by atoms with van der Waals surface area (Å²) in [5.41, 5.74) is 4.71. The lowest BCUT2D eigenvalue weighted by Crippen LogP contribution is -2.36. The maximum atomic E-state index is 12.0. The highest BCUT2D eigenvalue weighted by Gasteiger charge is 2.25. The molecule has 0 N–H and O–H groups in total. The van der Waals surface area contributed by atoms with Crippen molar-refractivity contribution < 1.29 is 4.79 Å². The van der Waals surface area contributed by atoms with Gasteiger partial charge in [0.05, 0.1) is 17.9 Å². The van der Waals surface area contributed by atoms with Gasteiger partial charge in [-0.3, -0.25) is 4.79 Å². The van der Waals surface area contributed by atoms with E-state index in [9.17, 15) is 4.79 Å². The van der Waals surface area contributed by atoms with Crippen LogP contribution in [-0.2, 0) is 17.8 Å². The van der Waals surface area contributed by atoms with E-state index in [1.54, 1.807) is 17.1 Å². The highest BCUT2D eigenvalue weighted by atomic mass is 16.2. The largest absolute Gasteiger partial charge is 0.333 e. The molecule has 130 valence electrons. The molecule has 1 aliphatic heterocycles. The fourth-order valence-electron chi connectivity index (χ4n) is 3.07. The first-order valence-corrected chi connectivity index (χ1v) is 8.50. The van der Waals surface area contributed by atoms with Crippen molar-refractivity contribution in [2.45, 2.75) is 13.0 Å². The molecule has 3 rings (SSSR count). The number of carbonyl (C=O) groups is 1. The van der Waals surface area contributed by atoms with Gasteiger partial charge in [-0.25, -0.2) is 9.97 Å². The van der Waals surface area contributed by atoms with Gasteiger partial charge in [-0.2, -0.15) is 0 Å². The monoisotopic (exact) mass is 343 g/mol. The zero-order chi connectivity index (χ0) is 18.5. The number of carbonyl (C=O) groups excluding carboxylic acids is 1. The smallest absolute Gasteiger partial charge is 0.246 e. The highest BCUT2D eigenvalue weighted by Crippen LogP contribution is 2.29. The minimum atomic E-state index is -0.0809. The molecular weight excluding hydrogens is 322 g/mol. The van der Waals surface area contributed by atoms with Crippen molar-refractivity contribution in [2.24, 2.45) is 0 Å². The SMILES string of the molecule is C=C/C=C(\C=C)c1nc2c(c(-c3ccccc3)n1)CCN(C(=O)C=C)C2. The van der Waals surface area contributed by atoms with Crippen LogP contribution in [0.15, 0.2) is 74.4 Å². The molecule has 0 atom stereocenters. The third kappa shape index (κ3) is 3.40. The molecule has 4 heteroatoms. The molecular formula is C22H21N3O. The Morgan fingerprint density at radius 2 is 1.85 bits per heavy atom. The second-order valence-electron chi connectivity index (χ2n) is 5.96. The Labute approximate surface area is 153 Å². The average molecular weight is 343 g/mol. The van der Waals surface area contributed by atoms with Crippen molar-refractivity contribution >= 4 is 11.5 Å². The van der Waals surface area contributed by atoms with Crippen LogP contribution in [0.3, 0.4) is 0 Å². The van der Waals surface area contributed by atoms with Gasteiger partial charge < -0.3 is 4.90 Å². The van der Waals surface area contributed by atoms with Gasteiger partial charge in [-0.1, -0.05) is 68.3 Å². The number of benzene rings is 1. The molecule has 0 spiro atoms. The van der Waals surface area contributed by atoms with E-state index < -0.39 is 0 Å². The maximum absolute atomic E-state index is 12.0. The van der Waals surface area contributed by atoms with Gasteiger partial charge in [-0.15, -0.1) is 0 Å². The molecule has 4 nitrogen and oxygen atoms in total. The van der Waals surface area contributed by atoms with Crippen LogP contribution in [0.5, 0.6) is 0 Å². The van der Waals surface area contributed by atoms with Crippen molar-refractivity contribution in [2.75, 3.05) is 6.54 Å². The molecule has 26 heavy (non-hydrogen) atoms. The van der Waals surface area contributed by atoms with Crippen LogP contribution in [0, 0.1) is 0 Å². The first-order chi connectivity index (χ1) is 12.7. The fraction of sp³-hybridized carbons (Fsp3) is 0.136. The second kappa shape index (κ2) is 7.74. The highest BCUT2D eigenvalue weighted by molar-refractivity contribution is 5.87. The van der Waals surface area contributed by atoms with Gasteiger partial charge in [0, 0.05) is 23.2 Å². The van der Waals surface area contributed by atoms with E-state index >= 15 is 0 Å². The molecule has 0 bridgehead atoms. The van der Waals surface area contributed by atoms with Crippen molar-refractivity contribution in [3.63, 3.8) is 0 Å². The van der Waals surface area contributed by atoms with Crippen molar-refractivity contribution in [1.82, 2.24) is 14.9 Å². The van der Waals surface area contributed by atoms with E-state index in [0.29, 0.717) is 25.3 Å². The topological polar surface area (TPSA) is 46.1 Å². The number of fused-ring (bicyclic) bond motifs is 1. The van der Waals surface area contributed by atoms with Gasteiger partial charge >= 0.3 is 0 Å². The van der Waals surface area contributed by atoms with Crippen LogP contribution in [0.4, 0.5) is 0 Å². The van der Waals surface area contributed by atoms with E-state index in [1.165, 1.54) is 6.08 Å². The Bertz CT molecular complexity index is 897. The first-order valence-electron chi connectivity index (χ1n) is 8.50. The summed E-state index contributed by atoms with van der Waals surface area (Å²) < 4.78 is 0. The molecule has 0 fully saturated rings. The molecule has 1 aromatic heterocycles. The molecule has 0 aliphatic carbocycles. The summed E-state index contributed by atoms with van der Waals surface area (Å²) in [5.74, 6) is 0.507. The predicted molar refractivity (Wildman–Crippen MR) is 105 cm³/mol. The summed E-state index contributed by atoms with van der Waals surface area (Å²) in [6.07, 6.45) is 7.30. The van der Waals surface area contributed by atoms with E-state index in [2.05, 4.69) is 19.7 Å². The first kappa shape index (κ1) is 17.5. The van der Waals surface area contributed by atoms with Crippen LogP contribution in [-0.4, -0.2) is 27.3 Å². The number of allylic oxidation sites excluding steroid dienone is 4. The number of hydrogen-bond donors (Lipinski definition) is 0. The maximum Gasteiger partial charge on any atom is 0.246 e. The summed E-state index contributed by atoms with van der Waals surface area (Å²) in [7, 11) is 0. The summed E-state index contributed by atoms with van der Waals surface area (Å²) in [6.45, 7) is 12.3. The standard InChI is InChI=1S/C22H21N3O/c1-4-10-16(5-2)22-23-19-15-25(20(26)6-3)14-13-18(19)21(24-22)17-11-8-7-9-12-17/h4-12H,1-3,13-15H2/b16-10+. The zero-order valence-corrected chi connectivity index (χ0v) is 14.7. The molecule has 0 saturated heterocycles. The Hall–Kier alpha value is -3.27. The summed E-state index contributed by atoms with van der Waals surface area (Å²) >= 11 is 0. The Morgan fingerprint density at radius 1 is 1.08 bits per heavy atom. The third-order valence-electron chi connectivity index (χ3n) is 4.37. The Kier molecular flexibility index (Phi) is 5.23. The van der Waals surface area contributed by atoms with Gasteiger partial charge in [0.2, 0.25) is 5.91 Å². The molecule has 1 aromatic carbocycles. The lowest BCUT2D eigenvalue weighted by Gasteiger charge is -2.28. The predicted octanol–water partition coefficient (Wildman–Crippen LogP) is 3.97. The number of nitrogens with zero attached hydrogens (tertiary/aromatic N) is 3. The minimum Gasteiger partial charge on any atom is -0.333 e. The van der Waals surface area contributed by atoms with Crippen LogP contribution < -0.4 is 0 Å². The summed E-state index contributed by atoms with van der Waals surface area (Å²) in [6, 6.07) is 10.0. The third-order valence-corrected chi connectivity index (χ3v) is 4.37. The van der Waals surface area contributed by atoms with Crippen LogP contribution in [0.25, 0.3) is 16.8 Å². The fourth-order valence-corrected chi connectivity index (χ4v) is 3.07. The summed E-state index contributed by atoms with van der Waals surface area (Å²) in [4.78, 5) is 23.3. The van der Waals surface area contributed by atoms with Gasteiger partial charge in [0.15, 0.2) is 5.82 Å². The molecule has 0 unspecified atom stereocenters. The van der Waals surface area contributed by atoms with Gasteiger partial charge in [-0.05, 0) is 12.5 Å². The van der Waals surface area contributed by atoms with E-state index in [-0.39, 0.29) is 5.91 Å². The van der Waals surface area contributed by atoms with Crippen molar-refractivity contribution in [3.8, 4) is 11.3 Å². The van der Waals surface area contributed by atoms with Crippen LogP contribution >= 0.6 is 0 Å². The quantitative estimate of drug-likeness (QED) is 0.609. The molecule has 2 heterocycles. The number of rotatable bonds is 5. The van der Waals surface area contributed by atoms with Crippen molar-refractivity contribution in [1.29, 1.82) is 0 Å². The van der Waals surface area contributed by atoms with E-state index in [4.69, 9.17) is 9.97 Å². The molecule has 2 aromatic rings. The van der Waals surface area contributed by atoms with Gasteiger partial charge in [0.25, 0.3) is 0 Å². The average Bonchev–Trinajstić information content (AvgIpc) is 2.70. The lowest BCUT2D eigenvalue weighted by molar-refractivity contribution is -0.126. The normalized spacial score (nSPS) is 13.7.